The van der Waals surface area contributed by atoms with Gasteiger partial charge in [0.15, 0.2) is 0 Å². The van der Waals surface area contributed by atoms with E-state index in [0.717, 1.165) is 25.1 Å². The number of halogens is 1. The maximum atomic E-state index is 12.7. The molecule has 1 aromatic carbocycles. The lowest BCUT2D eigenvalue weighted by Crippen LogP contribution is -2.32. The minimum atomic E-state index is -0.275. The molecule has 0 spiro atoms. The molecule has 0 bridgehead atoms. The summed E-state index contributed by atoms with van der Waals surface area (Å²) in [5.74, 6) is 0.110. The topological polar surface area (TPSA) is 46.3 Å². The van der Waals surface area contributed by atoms with Gasteiger partial charge >= 0.3 is 0 Å². The zero-order chi connectivity index (χ0) is 13.8. The van der Waals surface area contributed by atoms with E-state index in [1.54, 1.807) is 18.2 Å². The van der Waals surface area contributed by atoms with Gasteiger partial charge in [-0.05, 0) is 43.0 Å². The van der Waals surface area contributed by atoms with E-state index in [0.29, 0.717) is 5.92 Å². The second-order valence-electron chi connectivity index (χ2n) is 5.08. The van der Waals surface area contributed by atoms with E-state index >= 15 is 0 Å². The molecule has 0 aromatic heterocycles. The number of amides is 1. The fraction of sp³-hybridized carbons (Fsp3) is 0.400. The van der Waals surface area contributed by atoms with Gasteiger partial charge in [-0.1, -0.05) is 12.1 Å². The Bertz CT molecular complexity index is 468. The first-order valence-corrected chi connectivity index (χ1v) is 6.54. The van der Waals surface area contributed by atoms with Crippen molar-refractivity contribution in [2.45, 2.75) is 19.4 Å². The number of carbonyl (C=O) groups excluding carboxylic acids is 1. The molecule has 1 heterocycles. The summed E-state index contributed by atoms with van der Waals surface area (Å²) in [7, 11) is 0. The van der Waals surface area contributed by atoms with Crippen molar-refractivity contribution < 1.29 is 9.18 Å². The quantitative estimate of drug-likeness (QED) is 0.847. The lowest BCUT2D eigenvalue weighted by molar-refractivity contribution is -0.125. The van der Waals surface area contributed by atoms with Crippen molar-refractivity contribution in [2.75, 3.05) is 13.1 Å². The predicted molar refractivity (Wildman–Crippen MR) is 73.8 cm³/mol. The summed E-state index contributed by atoms with van der Waals surface area (Å²) in [4.78, 5) is 13.8. The van der Waals surface area contributed by atoms with Crippen LogP contribution in [0.25, 0.3) is 6.08 Å². The summed E-state index contributed by atoms with van der Waals surface area (Å²) >= 11 is 0. The summed E-state index contributed by atoms with van der Waals surface area (Å²) in [5, 5.41) is 0. The van der Waals surface area contributed by atoms with Crippen LogP contribution < -0.4 is 5.73 Å². The van der Waals surface area contributed by atoms with Gasteiger partial charge in [0.05, 0.1) is 0 Å². The van der Waals surface area contributed by atoms with Crippen LogP contribution in [0.15, 0.2) is 30.3 Å². The third-order valence-electron chi connectivity index (χ3n) is 3.57. The fourth-order valence-corrected chi connectivity index (χ4v) is 2.26. The molecule has 0 radical (unpaired) electrons. The van der Waals surface area contributed by atoms with Crippen LogP contribution in [0.2, 0.25) is 0 Å². The maximum Gasteiger partial charge on any atom is 0.246 e. The van der Waals surface area contributed by atoms with Gasteiger partial charge < -0.3 is 10.6 Å². The molecule has 1 aliphatic rings. The van der Waals surface area contributed by atoms with Gasteiger partial charge in [0.1, 0.15) is 5.82 Å². The van der Waals surface area contributed by atoms with Crippen LogP contribution in [0.5, 0.6) is 0 Å². The molecule has 3 nitrogen and oxygen atoms in total. The second kappa shape index (κ2) is 5.97. The number of nitrogens with zero attached hydrogens (tertiary/aromatic N) is 1. The largest absolute Gasteiger partial charge is 0.339 e. The highest BCUT2D eigenvalue weighted by atomic mass is 19.1. The van der Waals surface area contributed by atoms with Gasteiger partial charge in [-0.25, -0.2) is 4.39 Å². The number of hydrogen-bond donors (Lipinski definition) is 1. The third-order valence-corrected chi connectivity index (χ3v) is 3.57. The smallest absolute Gasteiger partial charge is 0.246 e. The van der Waals surface area contributed by atoms with E-state index in [9.17, 15) is 9.18 Å². The molecule has 2 N–H and O–H groups in total. The van der Waals surface area contributed by atoms with Crippen molar-refractivity contribution in [3.8, 4) is 0 Å². The number of nitrogens with two attached hydrogens (primary N) is 1. The standard InChI is InChI=1S/C15H19FN2O/c1-11(17)13-8-9-18(10-13)15(19)7-4-12-2-5-14(16)6-3-12/h2-7,11,13H,8-10,17H2,1H3/b7-4+. The maximum absolute atomic E-state index is 12.7. The summed E-state index contributed by atoms with van der Waals surface area (Å²) in [5.41, 5.74) is 6.67. The Morgan fingerprint density at radius 1 is 1.47 bits per heavy atom. The molecule has 2 atom stereocenters. The van der Waals surface area contributed by atoms with Crippen molar-refractivity contribution >= 4 is 12.0 Å². The Morgan fingerprint density at radius 3 is 2.74 bits per heavy atom. The van der Waals surface area contributed by atoms with Crippen LogP contribution >= 0.6 is 0 Å². The van der Waals surface area contributed by atoms with Gasteiger partial charge in [0.25, 0.3) is 0 Å². The Hall–Kier alpha value is -1.68. The van der Waals surface area contributed by atoms with Crippen molar-refractivity contribution in [3.63, 3.8) is 0 Å². The summed E-state index contributed by atoms with van der Waals surface area (Å²) in [6, 6.07) is 6.18. The first kappa shape index (κ1) is 13.7. The lowest BCUT2D eigenvalue weighted by Gasteiger charge is -2.16. The lowest BCUT2D eigenvalue weighted by atomic mass is 10.0. The molecule has 1 aromatic rings. The summed E-state index contributed by atoms with van der Waals surface area (Å²) < 4.78 is 12.7. The van der Waals surface area contributed by atoms with Crippen LogP contribution in [0.1, 0.15) is 18.9 Å². The molecule has 2 rings (SSSR count). The van der Waals surface area contributed by atoms with E-state index in [4.69, 9.17) is 5.73 Å². The average Bonchev–Trinajstić information content (AvgIpc) is 2.87. The average molecular weight is 262 g/mol. The monoisotopic (exact) mass is 262 g/mol. The van der Waals surface area contributed by atoms with Crippen molar-refractivity contribution in [2.24, 2.45) is 11.7 Å². The SMILES string of the molecule is CC(N)C1CCN(C(=O)/C=C/c2ccc(F)cc2)C1. The van der Waals surface area contributed by atoms with E-state index in [1.165, 1.54) is 18.2 Å². The normalized spacial score (nSPS) is 21.0. The zero-order valence-electron chi connectivity index (χ0n) is 11.1. The molecule has 1 aliphatic heterocycles. The molecule has 19 heavy (non-hydrogen) atoms. The number of hydrogen-bond acceptors (Lipinski definition) is 2. The van der Waals surface area contributed by atoms with Crippen LogP contribution in [-0.4, -0.2) is 29.9 Å². The van der Waals surface area contributed by atoms with E-state index in [2.05, 4.69) is 0 Å². The third kappa shape index (κ3) is 3.64. The van der Waals surface area contributed by atoms with E-state index in [1.807, 2.05) is 11.8 Å². The molecular weight excluding hydrogens is 243 g/mol. The number of likely N-dealkylation sites (tertiary alicyclic amines) is 1. The van der Waals surface area contributed by atoms with Crippen molar-refractivity contribution in [1.82, 2.24) is 4.90 Å². The Morgan fingerprint density at radius 2 is 2.16 bits per heavy atom. The van der Waals surface area contributed by atoms with Gasteiger partial charge in [-0.15, -0.1) is 0 Å². The van der Waals surface area contributed by atoms with E-state index in [-0.39, 0.29) is 17.8 Å². The Kier molecular flexibility index (Phi) is 4.32. The van der Waals surface area contributed by atoms with Crippen LogP contribution in [0, 0.1) is 11.7 Å². The second-order valence-corrected chi connectivity index (χ2v) is 5.08. The molecule has 4 heteroatoms. The first-order valence-electron chi connectivity index (χ1n) is 6.54. The Balaban J connectivity index is 1.93. The highest BCUT2D eigenvalue weighted by Gasteiger charge is 2.27. The highest BCUT2D eigenvalue weighted by Crippen LogP contribution is 2.19. The summed E-state index contributed by atoms with van der Waals surface area (Å²) in [6.45, 7) is 3.47. The van der Waals surface area contributed by atoms with Gasteiger partial charge in [-0.2, -0.15) is 0 Å². The van der Waals surface area contributed by atoms with Gasteiger partial charge in [-0.3, -0.25) is 4.79 Å². The minimum absolute atomic E-state index is 0.00697. The first-order chi connectivity index (χ1) is 9.06. The fourth-order valence-electron chi connectivity index (χ4n) is 2.26. The predicted octanol–water partition coefficient (Wildman–Crippen LogP) is 2.03. The molecule has 1 saturated heterocycles. The Labute approximate surface area is 112 Å². The molecule has 0 saturated carbocycles. The van der Waals surface area contributed by atoms with Gasteiger partial charge in [0.2, 0.25) is 5.91 Å². The number of rotatable bonds is 3. The van der Waals surface area contributed by atoms with E-state index < -0.39 is 0 Å². The molecule has 2 unspecified atom stereocenters. The minimum Gasteiger partial charge on any atom is -0.339 e. The van der Waals surface area contributed by atoms with Crippen molar-refractivity contribution in [3.05, 3.63) is 41.7 Å². The van der Waals surface area contributed by atoms with Crippen LogP contribution in [0.4, 0.5) is 4.39 Å². The van der Waals surface area contributed by atoms with Crippen LogP contribution in [-0.2, 0) is 4.79 Å². The summed E-state index contributed by atoms with van der Waals surface area (Å²) in [6.07, 6.45) is 4.21. The highest BCUT2D eigenvalue weighted by molar-refractivity contribution is 5.91. The zero-order valence-corrected chi connectivity index (χ0v) is 11.1. The van der Waals surface area contributed by atoms with Gasteiger partial charge in [0, 0.05) is 25.2 Å². The molecule has 0 aliphatic carbocycles. The molecule has 1 amide bonds. The molecule has 102 valence electrons. The number of carbonyl (C=O) groups is 1. The number of benzene rings is 1. The molecular formula is C15H19FN2O. The van der Waals surface area contributed by atoms with Crippen LogP contribution in [0.3, 0.4) is 0 Å². The van der Waals surface area contributed by atoms with Crippen molar-refractivity contribution in [1.29, 1.82) is 0 Å². The molecule has 1 fully saturated rings.